The van der Waals surface area contributed by atoms with Gasteiger partial charge >= 0.3 is 0 Å². The predicted molar refractivity (Wildman–Crippen MR) is 133 cm³/mol. The van der Waals surface area contributed by atoms with Gasteiger partial charge in [-0.3, -0.25) is 9.36 Å². The molecule has 0 spiro atoms. The molecular formula is C26H19ClN6O. The summed E-state index contributed by atoms with van der Waals surface area (Å²) >= 11 is 6.40. The van der Waals surface area contributed by atoms with E-state index in [-0.39, 0.29) is 11.6 Å². The second kappa shape index (κ2) is 8.93. The first-order valence-corrected chi connectivity index (χ1v) is 11.2. The van der Waals surface area contributed by atoms with Crippen LogP contribution in [-0.2, 0) is 0 Å². The first-order chi connectivity index (χ1) is 16.6. The van der Waals surface area contributed by atoms with Gasteiger partial charge in [-0.2, -0.15) is 5.26 Å². The van der Waals surface area contributed by atoms with Gasteiger partial charge in [0.1, 0.15) is 18.0 Å². The van der Waals surface area contributed by atoms with Crippen molar-refractivity contribution < 1.29 is 0 Å². The lowest BCUT2D eigenvalue weighted by atomic mass is 10.1. The number of hydrogen-bond acceptors (Lipinski definition) is 6. The lowest BCUT2D eigenvalue weighted by Gasteiger charge is -2.23. The third-order valence-corrected chi connectivity index (χ3v) is 6.00. The molecule has 0 aliphatic heterocycles. The van der Waals surface area contributed by atoms with Crippen molar-refractivity contribution in [1.82, 2.24) is 19.5 Å². The first-order valence-electron chi connectivity index (χ1n) is 10.8. The number of benzene rings is 3. The topological polar surface area (TPSA) is 96.5 Å². The second-order valence-corrected chi connectivity index (χ2v) is 8.16. The van der Waals surface area contributed by atoms with E-state index in [1.807, 2.05) is 37.3 Å². The SMILES string of the molecule is CC[C@H](Nc1ncnc2ccc(C#N)cc12)c1nc2cccc(Cl)c2c(=O)n1-c1ccccc1. The molecule has 3 aromatic carbocycles. The zero-order valence-corrected chi connectivity index (χ0v) is 19.0. The van der Waals surface area contributed by atoms with Crippen molar-refractivity contribution in [3.63, 3.8) is 0 Å². The smallest absolute Gasteiger partial charge is 0.267 e. The molecule has 0 amide bonds. The van der Waals surface area contributed by atoms with Crippen LogP contribution in [0.2, 0.25) is 5.02 Å². The van der Waals surface area contributed by atoms with Gasteiger partial charge in [0.15, 0.2) is 0 Å². The standard InChI is InChI=1S/C26H19ClN6O/c1-2-20(31-24-18-13-16(14-28)11-12-21(18)29-15-30-24)25-32-22-10-6-9-19(27)23(22)26(34)33(25)17-7-4-3-5-8-17/h3-13,15,20H,2H2,1H3,(H,29,30,31)/t20-/m0/s1. The maximum atomic E-state index is 13.7. The van der Waals surface area contributed by atoms with Crippen molar-refractivity contribution in [1.29, 1.82) is 5.26 Å². The maximum absolute atomic E-state index is 13.7. The molecule has 1 N–H and O–H groups in total. The molecule has 8 heteroatoms. The van der Waals surface area contributed by atoms with E-state index in [0.29, 0.717) is 50.8 Å². The molecule has 5 aromatic rings. The Morgan fingerprint density at radius 1 is 1.06 bits per heavy atom. The number of hydrogen-bond donors (Lipinski definition) is 1. The fourth-order valence-corrected chi connectivity index (χ4v) is 4.27. The average Bonchev–Trinajstić information content (AvgIpc) is 2.87. The third kappa shape index (κ3) is 3.74. The molecule has 0 saturated heterocycles. The van der Waals surface area contributed by atoms with Crippen LogP contribution in [0.3, 0.4) is 0 Å². The predicted octanol–water partition coefficient (Wildman–Crippen LogP) is 5.42. The lowest BCUT2D eigenvalue weighted by Crippen LogP contribution is -2.28. The summed E-state index contributed by atoms with van der Waals surface area (Å²) in [5.41, 5.74) is 2.20. The Kier molecular flexibility index (Phi) is 5.66. The fourth-order valence-electron chi connectivity index (χ4n) is 4.02. The van der Waals surface area contributed by atoms with Gasteiger partial charge in [0.2, 0.25) is 0 Å². The summed E-state index contributed by atoms with van der Waals surface area (Å²) in [7, 11) is 0. The Balaban J connectivity index is 1.73. The van der Waals surface area contributed by atoms with Gasteiger partial charge in [0.25, 0.3) is 5.56 Å². The van der Waals surface area contributed by atoms with Crippen LogP contribution in [0.1, 0.15) is 30.8 Å². The number of nitriles is 1. The molecule has 5 rings (SSSR count). The molecule has 2 aromatic heterocycles. The van der Waals surface area contributed by atoms with Crippen LogP contribution in [0.4, 0.5) is 5.82 Å². The molecule has 166 valence electrons. The van der Waals surface area contributed by atoms with Crippen molar-refractivity contribution >= 4 is 39.2 Å². The Bertz CT molecular complexity index is 1620. The van der Waals surface area contributed by atoms with Gasteiger partial charge in [0, 0.05) is 5.39 Å². The van der Waals surface area contributed by atoms with Crippen molar-refractivity contribution in [2.45, 2.75) is 19.4 Å². The Hall–Kier alpha value is -4.28. The number of halogens is 1. The zero-order valence-electron chi connectivity index (χ0n) is 18.2. The van der Waals surface area contributed by atoms with Crippen molar-refractivity contribution in [3.05, 3.63) is 99.8 Å². The minimum absolute atomic E-state index is 0.239. The highest BCUT2D eigenvalue weighted by Crippen LogP contribution is 2.28. The van der Waals surface area contributed by atoms with E-state index >= 15 is 0 Å². The van der Waals surface area contributed by atoms with Gasteiger partial charge in [-0.15, -0.1) is 0 Å². The third-order valence-electron chi connectivity index (χ3n) is 5.68. The van der Waals surface area contributed by atoms with E-state index in [4.69, 9.17) is 16.6 Å². The van der Waals surface area contributed by atoms with Gasteiger partial charge in [-0.05, 0) is 48.9 Å². The number of nitrogens with one attached hydrogen (secondary N) is 1. The number of rotatable bonds is 5. The highest BCUT2D eigenvalue weighted by molar-refractivity contribution is 6.35. The van der Waals surface area contributed by atoms with Gasteiger partial charge in [-0.1, -0.05) is 42.8 Å². The quantitative estimate of drug-likeness (QED) is 0.371. The molecule has 2 heterocycles. The molecule has 0 aliphatic rings. The van der Waals surface area contributed by atoms with Crippen LogP contribution < -0.4 is 10.9 Å². The molecule has 0 aliphatic carbocycles. The van der Waals surface area contributed by atoms with Gasteiger partial charge in [-0.25, -0.2) is 15.0 Å². The largest absolute Gasteiger partial charge is 0.359 e. The Morgan fingerprint density at radius 2 is 1.88 bits per heavy atom. The van der Waals surface area contributed by atoms with Gasteiger partial charge in [0.05, 0.1) is 44.8 Å². The van der Waals surface area contributed by atoms with E-state index in [9.17, 15) is 10.1 Å². The summed E-state index contributed by atoms with van der Waals surface area (Å²) in [4.78, 5) is 27.3. The maximum Gasteiger partial charge on any atom is 0.267 e. The van der Waals surface area contributed by atoms with Gasteiger partial charge < -0.3 is 5.32 Å². The minimum Gasteiger partial charge on any atom is -0.359 e. The summed E-state index contributed by atoms with van der Waals surface area (Å²) in [6.45, 7) is 2.01. The van der Waals surface area contributed by atoms with E-state index in [1.54, 1.807) is 41.0 Å². The summed E-state index contributed by atoms with van der Waals surface area (Å²) < 4.78 is 1.60. The Labute approximate surface area is 200 Å². The van der Waals surface area contributed by atoms with Crippen LogP contribution in [0, 0.1) is 11.3 Å². The highest BCUT2D eigenvalue weighted by Gasteiger charge is 2.22. The summed E-state index contributed by atoms with van der Waals surface area (Å²) in [6, 6.07) is 21.7. The van der Waals surface area contributed by atoms with Crippen LogP contribution in [-0.4, -0.2) is 19.5 Å². The van der Waals surface area contributed by atoms with Crippen LogP contribution >= 0.6 is 11.6 Å². The molecule has 0 fully saturated rings. The molecule has 0 saturated carbocycles. The van der Waals surface area contributed by atoms with Crippen LogP contribution in [0.5, 0.6) is 0 Å². The second-order valence-electron chi connectivity index (χ2n) is 7.75. The number of fused-ring (bicyclic) bond motifs is 2. The van der Waals surface area contributed by atoms with E-state index in [1.165, 1.54) is 6.33 Å². The molecule has 0 unspecified atom stereocenters. The van der Waals surface area contributed by atoms with Crippen molar-refractivity contribution in [2.24, 2.45) is 0 Å². The van der Waals surface area contributed by atoms with E-state index < -0.39 is 0 Å². The summed E-state index contributed by atoms with van der Waals surface area (Å²) in [5, 5.41) is 14.2. The zero-order chi connectivity index (χ0) is 23.7. The number of nitrogens with zero attached hydrogens (tertiary/aromatic N) is 5. The average molecular weight is 467 g/mol. The number of para-hydroxylation sites is 1. The molecule has 1 atom stereocenters. The number of anilines is 1. The summed E-state index contributed by atoms with van der Waals surface area (Å²) in [5.74, 6) is 1.10. The Morgan fingerprint density at radius 3 is 2.65 bits per heavy atom. The minimum atomic E-state index is -0.361. The number of aromatic nitrogens is 4. The molecule has 0 radical (unpaired) electrons. The van der Waals surface area contributed by atoms with Crippen LogP contribution in [0.15, 0.2) is 77.9 Å². The monoisotopic (exact) mass is 466 g/mol. The van der Waals surface area contributed by atoms with E-state index in [2.05, 4.69) is 21.4 Å². The lowest BCUT2D eigenvalue weighted by molar-refractivity contribution is 0.659. The summed E-state index contributed by atoms with van der Waals surface area (Å²) in [6.07, 6.45) is 2.09. The van der Waals surface area contributed by atoms with Crippen LogP contribution in [0.25, 0.3) is 27.5 Å². The highest BCUT2D eigenvalue weighted by atomic mass is 35.5. The van der Waals surface area contributed by atoms with E-state index in [0.717, 1.165) is 5.39 Å². The molecule has 0 bridgehead atoms. The molecule has 7 nitrogen and oxygen atoms in total. The van der Waals surface area contributed by atoms with Crippen molar-refractivity contribution in [2.75, 3.05) is 5.32 Å². The fraction of sp³-hybridized carbons (Fsp3) is 0.115. The molecule has 34 heavy (non-hydrogen) atoms. The molecular weight excluding hydrogens is 448 g/mol. The van der Waals surface area contributed by atoms with Crippen molar-refractivity contribution in [3.8, 4) is 11.8 Å². The normalized spacial score (nSPS) is 11.9. The first kappa shape index (κ1) is 21.6.